The van der Waals surface area contributed by atoms with Crippen molar-refractivity contribution >= 4 is 15.8 Å². The third-order valence-electron chi connectivity index (χ3n) is 5.50. The van der Waals surface area contributed by atoms with E-state index in [4.69, 9.17) is 0 Å². The van der Waals surface area contributed by atoms with E-state index in [0.717, 1.165) is 42.9 Å². The van der Waals surface area contributed by atoms with Gasteiger partial charge in [-0.2, -0.15) is 4.31 Å². The molecule has 6 nitrogen and oxygen atoms in total. The molecule has 0 N–H and O–H groups in total. The Kier molecular flexibility index (Phi) is 5.14. The van der Waals surface area contributed by atoms with Crippen LogP contribution in [0.4, 0.5) is 5.82 Å². The molecule has 2 saturated heterocycles. The molecule has 27 heavy (non-hydrogen) atoms. The summed E-state index contributed by atoms with van der Waals surface area (Å²) in [5.74, 6) is 0.899. The highest BCUT2D eigenvalue weighted by Gasteiger charge is 2.28. The van der Waals surface area contributed by atoms with E-state index in [-0.39, 0.29) is 0 Å². The average Bonchev–Trinajstić information content (AvgIpc) is 3.25. The molecule has 2 fully saturated rings. The van der Waals surface area contributed by atoms with Gasteiger partial charge in [-0.05, 0) is 62.8 Å². The predicted octanol–water partition coefficient (Wildman–Crippen LogP) is 3.23. The van der Waals surface area contributed by atoms with Gasteiger partial charge in [0.2, 0.25) is 10.0 Å². The lowest BCUT2D eigenvalue weighted by molar-refractivity contribution is 0.477. The number of aromatic nitrogens is 2. The van der Waals surface area contributed by atoms with Gasteiger partial charge in [-0.1, -0.05) is 12.1 Å². The lowest BCUT2D eigenvalue weighted by atomic mass is 10.1. The number of hydrogen-bond acceptors (Lipinski definition) is 5. The molecule has 1 aromatic heterocycles. The zero-order valence-electron chi connectivity index (χ0n) is 15.8. The van der Waals surface area contributed by atoms with Gasteiger partial charge in [-0.3, -0.25) is 0 Å². The van der Waals surface area contributed by atoms with Gasteiger partial charge in [-0.25, -0.2) is 8.42 Å². The quantitative estimate of drug-likeness (QED) is 0.807. The van der Waals surface area contributed by atoms with Gasteiger partial charge in [0.1, 0.15) is 0 Å². The Hall–Kier alpha value is -1.99. The van der Waals surface area contributed by atoms with Gasteiger partial charge >= 0.3 is 0 Å². The van der Waals surface area contributed by atoms with E-state index >= 15 is 0 Å². The first kappa shape index (κ1) is 18.4. The molecule has 0 unspecified atom stereocenters. The molecule has 0 radical (unpaired) electrons. The van der Waals surface area contributed by atoms with Crippen molar-refractivity contribution in [1.29, 1.82) is 0 Å². The number of hydrogen-bond donors (Lipinski definition) is 0. The third-order valence-corrected chi connectivity index (χ3v) is 7.54. The first-order valence-electron chi connectivity index (χ1n) is 9.75. The zero-order valence-corrected chi connectivity index (χ0v) is 16.6. The Labute approximate surface area is 161 Å². The minimum atomic E-state index is -3.45. The summed E-state index contributed by atoms with van der Waals surface area (Å²) in [7, 11) is -3.45. The van der Waals surface area contributed by atoms with E-state index in [9.17, 15) is 8.42 Å². The molecule has 0 bridgehead atoms. The van der Waals surface area contributed by atoms with Crippen LogP contribution in [0.5, 0.6) is 0 Å². The van der Waals surface area contributed by atoms with E-state index in [1.165, 1.54) is 19.3 Å². The fourth-order valence-electron chi connectivity index (χ4n) is 3.88. The Morgan fingerprint density at radius 1 is 0.852 bits per heavy atom. The Morgan fingerprint density at radius 3 is 2.22 bits per heavy atom. The van der Waals surface area contributed by atoms with Crippen molar-refractivity contribution in [2.45, 2.75) is 43.9 Å². The number of anilines is 1. The van der Waals surface area contributed by atoms with Crippen LogP contribution in [-0.4, -0.2) is 49.1 Å². The molecule has 2 aliphatic rings. The lowest BCUT2D eigenvalue weighted by Crippen LogP contribution is -2.30. The third kappa shape index (κ3) is 3.71. The second kappa shape index (κ2) is 7.56. The van der Waals surface area contributed by atoms with Crippen molar-refractivity contribution in [3.63, 3.8) is 0 Å². The minimum absolute atomic E-state index is 0.379. The average molecular weight is 387 g/mol. The molecule has 0 amide bonds. The summed E-state index contributed by atoms with van der Waals surface area (Å²) in [5, 5.41) is 8.76. The van der Waals surface area contributed by atoms with Gasteiger partial charge in [-0.15, -0.1) is 10.2 Å². The Bertz CT molecular complexity index is 900. The Balaban J connectivity index is 1.62. The van der Waals surface area contributed by atoms with E-state index in [1.54, 1.807) is 10.4 Å². The van der Waals surface area contributed by atoms with Crippen molar-refractivity contribution in [3.8, 4) is 11.3 Å². The van der Waals surface area contributed by atoms with Crippen LogP contribution in [0.25, 0.3) is 11.3 Å². The second-order valence-corrected chi connectivity index (χ2v) is 9.32. The summed E-state index contributed by atoms with van der Waals surface area (Å²) in [6.45, 7) is 5.11. The summed E-state index contributed by atoms with van der Waals surface area (Å²) >= 11 is 0. The first-order valence-corrected chi connectivity index (χ1v) is 11.2. The van der Waals surface area contributed by atoms with Crippen molar-refractivity contribution in [1.82, 2.24) is 14.5 Å². The van der Waals surface area contributed by atoms with Gasteiger partial charge < -0.3 is 4.90 Å². The van der Waals surface area contributed by atoms with Crippen LogP contribution >= 0.6 is 0 Å². The first-order chi connectivity index (χ1) is 13.1. The normalized spacial score (nSPS) is 18.8. The summed E-state index contributed by atoms with van der Waals surface area (Å²) < 4.78 is 27.6. The molecule has 2 aliphatic heterocycles. The molecule has 7 heteroatoms. The fraction of sp³-hybridized carbons (Fsp3) is 0.500. The molecular formula is C20H26N4O2S. The lowest BCUT2D eigenvalue weighted by Gasteiger charge is -2.27. The van der Waals surface area contributed by atoms with Crippen molar-refractivity contribution in [2.24, 2.45) is 0 Å². The van der Waals surface area contributed by atoms with Crippen molar-refractivity contribution < 1.29 is 8.42 Å². The Morgan fingerprint density at radius 2 is 1.56 bits per heavy atom. The molecule has 0 aliphatic carbocycles. The van der Waals surface area contributed by atoms with E-state index in [1.807, 2.05) is 31.2 Å². The second-order valence-electron chi connectivity index (χ2n) is 7.42. The van der Waals surface area contributed by atoms with Crippen LogP contribution < -0.4 is 4.90 Å². The van der Waals surface area contributed by atoms with E-state index in [2.05, 4.69) is 15.1 Å². The molecule has 1 aromatic carbocycles. The van der Waals surface area contributed by atoms with Gasteiger partial charge in [0, 0.05) is 31.7 Å². The molecule has 0 spiro atoms. The van der Waals surface area contributed by atoms with Crippen molar-refractivity contribution in [2.75, 3.05) is 31.1 Å². The minimum Gasteiger partial charge on any atom is -0.355 e. The molecule has 3 heterocycles. The van der Waals surface area contributed by atoms with Crippen LogP contribution in [0.3, 0.4) is 0 Å². The summed E-state index contributed by atoms with van der Waals surface area (Å²) in [6, 6.07) is 9.45. The molecule has 2 aromatic rings. The van der Waals surface area contributed by atoms with Gasteiger partial charge in [0.05, 0.1) is 10.6 Å². The topological polar surface area (TPSA) is 66.4 Å². The highest BCUT2D eigenvalue weighted by molar-refractivity contribution is 7.89. The fourth-order valence-corrected chi connectivity index (χ4v) is 5.64. The highest BCUT2D eigenvalue weighted by Crippen LogP contribution is 2.28. The standard InChI is InChI=1S/C20H26N4O2S/c1-16-7-8-17(15-19(16)27(25,26)24-13-5-6-14-24)18-9-10-20(22-21-18)23-11-3-2-4-12-23/h7-10,15H,2-6,11-14H2,1H3. The van der Waals surface area contributed by atoms with Gasteiger partial charge in [0.15, 0.2) is 5.82 Å². The number of rotatable bonds is 4. The van der Waals surface area contributed by atoms with E-state index in [0.29, 0.717) is 23.7 Å². The van der Waals surface area contributed by atoms with Crippen LogP contribution in [0.15, 0.2) is 35.2 Å². The summed E-state index contributed by atoms with van der Waals surface area (Å²) in [4.78, 5) is 2.64. The highest BCUT2D eigenvalue weighted by atomic mass is 32.2. The number of piperidine rings is 1. The molecule has 4 rings (SSSR count). The number of sulfonamides is 1. The largest absolute Gasteiger partial charge is 0.355 e. The number of nitrogens with zero attached hydrogens (tertiary/aromatic N) is 4. The maximum Gasteiger partial charge on any atom is 0.243 e. The van der Waals surface area contributed by atoms with Gasteiger partial charge in [0.25, 0.3) is 0 Å². The predicted molar refractivity (Wildman–Crippen MR) is 106 cm³/mol. The maximum absolute atomic E-state index is 13.0. The number of benzene rings is 1. The number of aryl methyl sites for hydroxylation is 1. The molecular weight excluding hydrogens is 360 g/mol. The van der Waals surface area contributed by atoms with Crippen LogP contribution in [0.1, 0.15) is 37.7 Å². The smallest absolute Gasteiger partial charge is 0.243 e. The zero-order chi connectivity index (χ0) is 18.9. The van der Waals surface area contributed by atoms with Crippen LogP contribution in [-0.2, 0) is 10.0 Å². The maximum atomic E-state index is 13.0. The van der Waals surface area contributed by atoms with Crippen LogP contribution in [0.2, 0.25) is 0 Å². The monoisotopic (exact) mass is 386 g/mol. The molecule has 0 atom stereocenters. The van der Waals surface area contributed by atoms with Crippen LogP contribution in [0, 0.1) is 6.92 Å². The summed E-state index contributed by atoms with van der Waals surface area (Å²) in [5.41, 5.74) is 2.26. The summed E-state index contributed by atoms with van der Waals surface area (Å²) in [6.07, 6.45) is 5.53. The molecule has 144 valence electrons. The SMILES string of the molecule is Cc1ccc(-c2ccc(N3CCCCC3)nn2)cc1S(=O)(=O)N1CCCC1. The van der Waals surface area contributed by atoms with E-state index < -0.39 is 10.0 Å². The molecule has 0 saturated carbocycles. The van der Waals surface area contributed by atoms with Crippen molar-refractivity contribution in [3.05, 3.63) is 35.9 Å².